The second kappa shape index (κ2) is 23.2. The zero-order chi connectivity index (χ0) is 45.3. The minimum atomic E-state index is -1.42. The molecule has 5 amide bonds. The average Bonchev–Trinajstić information content (AvgIpc) is 3.32. The third kappa shape index (κ3) is 12.1. The van der Waals surface area contributed by atoms with E-state index in [4.69, 9.17) is 25.9 Å². The molecule has 64 heavy (non-hydrogen) atoms. The van der Waals surface area contributed by atoms with E-state index in [9.17, 15) is 14.4 Å². The molecule has 0 unspecified atom stereocenters. The van der Waals surface area contributed by atoms with Gasteiger partial charge in [-0.15, -0.1) is 0 Å². The third-order valence-electron chi connectivity index (χ3n) is 10.8. The van der Waals surface area contributed by atoms with E-state index in [0.29, 0.717) is 18.2 Å². The van der Waals surface area contributed by atoms with Crippen molar-refractivity contribution in [2.45, 2.75) is 64.2 Å². The molecule has 0 saturated carbocycles. The molecule has 0 aliphatic rings. The highest BCUT2D eigenvalue weighted by molar-refractivity contribution is 6.30. The predicted molar refractivity (Wildman–Crippen MR) is 248 cm³/mol. The molecule has 0 bridgehead atoms. The van der Waals surface area contributed by atoms with Crippen molar-refractivity contribution in [3.63, 3.8) is 0 Å². The number of nitrogens with one attached hydrogen (secondary N) is 4. The van der Waals surface area contributed by atoms with Gasteiger partial charge in [0.15, 0.2) is 12.9 Å². The Labute approximate surface area is 379 Å². The Kier molecular flexibility index (Phi) is 17.0. The van der Waals surface area contributed by atoms with Gasteiger partial charge in [-0.3, -0.25) is 19.2 Å². The Balaban J connectivity index is 1.33. The first kappa shape index (κ1) is 46.9. The Morgan fingerprint density at radius 2 is 1.22 bits per heavy atom. The fraction of sp³-hybridized carbons (Fsp3) is 0.255. The molecule has 0 aromatic heterocycles. The van der Waals surface area contributed by atoms with E-state index < -0.39 is 60.7 Å². The summed E-state index contributed by atoms with van der Waals surface area (Å²) >= 11 is 5.97. The molecular formula is C51H54ClN5O7. The lowest BCUT2D eigenvalue weighted by Gasteiger charge is -2.38. The molecule has 2 atom stereocenters. The molecule has 0 spiro atoms. The fourth-order valence-electron chi connectivity index (χ4n) is 7.69. The quantitative estimate of drug-likeness (QED) is 0.0325. The fourth-order valence-corrected chi connectivity index (χ4v) is 7.82. The SMILES string of the molecule is CCOC(OCC)[C@H](C)N(Cc1cccc2ccccc12)C(=O)[C@H](CC(=O)NC(c1ccccc1)(c1ccccc1)c1ccccc1)NC(=O)CONC(=O)NCc1ccc(Cl)cc1. The summed E-state index contributed by atoms with van der Waals surface area (Å²) in [5.74, 6) is -1.85. The normalized spacial score (nSPS) is 12.3. The molecule has 332 valence electrons. The van der Waals surface area contributed by atoms with Crippen LogP contribution in [0.5, 0.6) is 0 Å². The minimum absolute atomic E-state index is 0.0970. The van der Waals surface area contributed by atoms with Crippen LogP contribution in [0, 0.1) is 0 Å². The summed E-state index contributed by atoms with van der Waals surface area (Å²) in [6.07, 6.45) is -1.31. The highest BCUT2D eigenvalue weighted by Crippen LogP contribution is 2.37. The minimum Gasteiger partial charge on any atom is -0.351 e. The number of hydroxylamine groups is 1. The van der Waals surface area contributed by atoms with Crippen molar-refractivity contribution in [2.75, 3.05) is 19.8 Å². The maximum absolute atomic E-state index is 15.3. The first-order valence-electron chi connectivity index (χ1n) is 21.3. The molecule has 0 fully saturated rings. The molecule has 0 saturated heterocycles. The number of carbonyl (C=O) groups is 4. The molecule has 12 nitrogen and oxygen atoms in total. The van der Waals surface area contributed by atoms with Crippen molar-refractivity contribution >= 4 is 46.1 Å². The van der Waals surface area contributed by atoms with Crippen LogP contribution in [0.2, 0.25) is 5.02 Å². The van der Waals surface area contributed by atoms with Gasteiger partial charge in [-0.25, -0.2) is 10.3 Å². The Morgan fingerprint density at radius 3 is 1.80 bits per heavy atom. The molecular weight excluding hydrogens is 830 g/mol. The third-order valence-corrected chi connectivity index (χ3v) is 11.0. The summed E-state index contributed by atoms with van der Waals surface area (Å²) in [5, 5.41) is 11.2. The first-order chi connectivity index (χ1) is 31.1. The number of hydrogen-bond acceptors (Lipinski definition) is 7. The van der Waals surface area contributed by atoms with Crippen LogP contribution in [0.25, 0.3) is 10.8 Å². The molecule has 6 aromatic carbocycles. The summed E-state index contributed by atoms with van der Waals surface area (Å²) in [4.78, 5) is 63.4. The summed E-state index contributed by atoms with van der Waals surface area (Å²) in [6.45, 7) is 5.73. The van der Waals surface area contributed by atoms with E-state index in [0.717, 1.165) is 38.6 Å². The van der Waals surface area contributed by atoms with Gasteiger partial charge in [0, 0.05) is 31.3 Å². The molecule has 0 radical (unpaired) electrons. The van der Waals surface area contributed by atoms with E-state index in [1.165, 1.54) is 0 Å². The van der Waals surface area contributed by atoms with Crippen molar-refractivity contribution in [3.8, 4) is 0 Å². The van der Waals surface area contributed by atoms with Crippen LogP contribution in [-0.4, -0.2) is 66.8 Å². The second-order valence-corrected chi connectivity index (χ2v) is 15.5. The lowest BCUT2D eigenvalue weighted by Crippen LogP contribution is -2.57. The molecule has 0 aliphatic heterocycles. The lowest BCUT2D eigenvalue weighted by molar-refractivity contribution is -0.180. The molecule has 6 rings (SSSR count). The summed E-state index contributed by atoms with van der Waals surface area (Å²) in [7, 11) is 0. The molecule has 13 heteroatoms. The second-order valence-electron chi connectivity index (χ2n) is 15.0. The standard InChI is InChI=1S/C51H54ClN5O7/c1-4-62-49(63-5-2)36(3)57(34-39-20-17-19-38-18-15-16-27-44(38)39)48(60)45(54-47(59)35-64-56-50(61)53-33-37-28-30-43(52)31-29-37)32-46(58)55-51(40-21-9-6-10-22-40,41-23-11-7-12-24-41)42-25-13-8-14-26-42/h6-31,36,45,49H,4-5,32-35H2,1-3H3,(H,54,59)(H,55,58)(H2,53,56,61)/t36-,45-/m0/s1. The van der Waals surface area contributed by atoms with Gasteiger partial charge in [0.25, 0.3) is 0 Å². The topological polar surface area (TPSA) is 147 Å². The maximum Gasteiger partial charge on any atom is 0.338 e. The van der Waals surface area contributed by atoms with Crippen molar-refractivity contribution in [1.82, 2.24) is 26.3 Å². The molecule has 4 N–H and O–H groups in total. The van der Waals surface area contributed by atoms with Crippen LogP contribution in [-0.2, 0) is 47.3 Å². The monoisotopic (exact) mass is 883 g/mol. The number of urea groups is 1. The smallest absolute Gasteiger partial charge is 0.338 e. The number of carbonyl (C=O) groups excluding carboxylic acids is 4. The lowest BCUT2D eigenvalue weighted by atomic mass is 9.77. The van der Waals surface area contributed by atoms with Crippen LogP contribution in [0.1, 0.15) is 55.0 Å². The number of amides is 5. The largest absolute Gasteiger partial charge is 0.351 e. The van der Waals surface area contributed by atoms with Gasteiger partial charge in [0.2, 0.25) is 17.7 Å². The van der Waals surface area contributed by atoms with Crippen molar-refractivity contribution < 1.29 is 33.5 Å². The van der Waals surface area contributed by atoms with Gasteiger partial charge in [0.05, 0.1) is 12.5 Å². The average molecular weight is 884 g/mol. The van der Waals surface area contributed by atoms with Crippen LogP contribution in [0.3, 0.4) is 0 Å². The first-order valence-corrected chi connectivity index (χ1v) is 21.7. The number of ether oxygens (including phenoxy) is 2. The zero-order valence-corrected chi connectivity index (χ0v) is 36.9. The van der Waals surface area contributed by atoms with Gasteiger partial charge >= 0.3 is 6.03 Å². The van der Waals surface area contributed by atoms with E-state index in [2.05, 4.69) is 21.4 Å². The van der Waals surface area contributed by atoms with Crippen LogP contribution in [0.4, 0.5) is 4.79 Å². The molecule has 0 heterocycles. The van der Waals surface area contributed by atoms with E-state index >= 15 is 4.79 Å². The highest BCUT2D eigenvalue weighted by Gasteiger charge is 2.40. The van der Waals surface area contributed by atoms with E-state index in [-0.39, 0.29) is 13.1 Å². The zero-order valence-electron chi connectivity index (χ0n) is 36.2. The molecule has 0 aliphatic carbocycles. The van der Waals surface area contributed by atoms with Gasteiger partial charge in [-0.1, -0.05) is 157 Å². The van der Waals surface area contributed by atoms with Crippen molar-refractivity contribution in [2.24, 2.45) is 0 Å². The predicted octanol–water partition coefficient (Wildman–Crippen LogP) is 8.02. The number of halogens is 1. The Hall–Kier alpha value is -6.57. The maximum atomic E-state index is 15.3. The number of nitrogens with zero attached hydrogens (tertiary/aromatic N) is 1. The van der Waals surface area contributed by atoms with Crippen LogP contribution < -0.4 is 21.4 Å². The summed E-state index contributed by atoms with van der Waals surface area (Å²) in [6, 6.07) is 46.6. The van der Waals surface area contributed by atoms with E-state index in [1.807, 2.05) is 154 Å². The summed E-state index contributed by atoms with van der Waals surface area (Å²) in [5.41, 5.74) is 5.00. The Bertz CT molecular complexity index is 2330. The van der Waals surface area contributed by atoms with Crippen LogP contribution in [0.15, 0.2) is 158 Å². The number of benzene rings is 6. The van der Waals surface area contributed by atoms with Gasteiger partial charge in [-0.2, -0.15) is 0 Å². The Morgan fingerprint density at radius 1 is 0.672 bits per heavy atom. The summed E-state index contributed by atoms with van der Waals surface area (Å²) < 4.78 is 12.1. The number of fused-ring (bicyclic) bond motifs is 1. The van der Waals surface area contributed by atoms with Gasteiger partial charge in [-0.05, 0) is 71.5 Å². The number of hydrogen-bond donors (Lipinski definition) is 4. The van der Waals surface area contributed by atoms with Crippen LogP contribution >= 0.6 is 11.6 Å². The van der Waals surface area contributed by atoms with Gasteiger partial charge in [0.1, 0.15) is 11.6 Å². The number of rotatable bonds is 21. The van der Waals surface area contributed by atoms with Crippen molar-refractivity contribution in [3.05, 3.63) is 191 Å². The van der Waals surface area contributed by atoms with E-state index in [1.54, 1.807) is 29.2 Å². The highest BCUT2D eigenvalue weighted by atomic mass is 35.5. The van der Waals surface area contributed by atoms with Crippen molar-refractivity contribution in [1.29, 1.82) is 0 Å². The molecule has 6 aromatic rings. The van der Waals surface area contributed by atoms with Gasteiger partial charge < -0.3 is 30.3 Å².